The highest BCUT2D eigenvalue weighted by atomic mass is 16.5. The lowest BCUT2D eigenvalue weighted by Crippen LogP contribution is -2.47. The number of ether oxygens (including phenoxy) is 1. The van der Waals surface area contributed by atoms with E-state index in [1.165, 1.54) is 51.4 Å². The van der Waals surface area contributed by atoms with Crippen LogP contribution in [-0.4, -0.2) is 59.3 Å². The number of nitrogens with one attached hydrogen (secondary N) is 2. The molecule has 0 fully saturated rings. The first-order valence-corrected chi connectivity index (χ1v) is 25.1. The number of amides is 2. The predicted molar refractivity (Wildman–Crippen MR) is 268 cm³/mol. The number of hydrogen-bond acceptors (Lipinski definition) is 6. The van der Waals surface area contributed by atoms with E-state index in [-0.39, 0.29) is 30.9 Å². The molecule has 2 unspecified atom stereocenters. The molecule has 0 saturated carbocycles. The van der Waals surface area contributed by atoms with Crippen LogP contribution in [0.25, 0.3) is 0 Å². The molecule has 4 N–H and O–H groups in total. The molecule has 362 valence electrons. The summed E-state index contributed by atoms with van der Waals surface area (Å²) in [4.78, 5) is 47.7. The number of aliphatic hydroxyl groups excluding tert-OH is 1. The first-order chi connectivity index (χ1) is 31.3. The number of carbonyl (C=O) groups excluding carboxylic acids is 3. The fraction of sp³-hybridized carbons (Fsp3) is 0.636. The van der Waals surface area contributed by atoms with Gasteiger partial charge >= 0.3 is 11.9 Å². The number of carboxylic acid groups (broad SMARTS) is 1. The van der Waals surface area contributed by atoms with Crippen LogP contribution in [0.15, 0.2) is 97.2 Å². The maximum atomic E-state index is 12.8. The molecular formula is C55H90N2O7. The Bertz CT molecular complexity index is 1390. The summed E-state index contributed by atoms with van der Waals surface area (Å²) < 4.78 is 6.01. The highest BCUT2D eigenvalue weighted by Crippen LogP contribution is 2.17. The molecule has 2 amide bonds. The number of hydrogen-bond donors (Lipinski definition) is 4. The van der Waals surface area contributed by atoms with Crippen molar-refractivity contribution < 1.29 is 34.1 Å². The summed E-state index contributed by atoms with van der Waals surface area (Å²) in [6, 6.07) is -1.39. The number of aliphatic carboxylic acids is 1. The van der Waals surface area contributed by atoms with Gasteiger partial charge in [0.05, 0.1) is 13.2 Å². The minimum atomic E-state index is -1.39. The fourth-order valence-electron chi connectivity index (χ4n) is 6.76. The molecule has 0 bridgehead atoms. The van der Waals surface area contributed by atoms with E-state index < -0.39 is 24.5 Å². The van der Waals surface area contributed by atoms with Crippen LogP contribution in [0, 0.1) is 0 Å². The third kappa shape index (κ3) is 44.4. The van der Waals surface area contributed by atoms with Crippen molar-refractivity contribution in [2.45, 2.75) is 212 Å². The van der Waals surface area contributed by atoms with E-state index in [1.807, 2.05) is 0 Å². The average Bonchev–Trinajstić information content (AvgIpc) is 3.28. The van der Waals surface area contributed by atoms with Crippen LogP contribution in [0.5, 0.6) is 0 Å². The lowest BCUT2D eigenvalue weighted by molar-refractivity contribution is -0.150. The predicted octanol–water partition coefficient (Wildman–Crippen LogP) is 13.4. The van der Waals surface area contributed by atoms with E-state index in [4.69, 9.17) is 14.9 Å². The van der Waals surface area contributed by atoms with Gasteiger partial charge in [-0.1, -0.05) is 175 Å². The third-order valence-corrected chi connectivity index (χ3v) is 10.6. The molecule has 0 radical (unpaired) electrons. The maximum Gasteiger partial charge on any atom is 0.328 e. The van der Waals surface area contributed by atoms with Crippen LogP contribution >= 0.6 is 0 Å². The van der Waals surface area contributed by atoms with Gasteiger partial charge in [-0.15, -0.1) is 0 Å². The van der Waals surface area contributed by atoms with Crippen molar-refractivity contribution in [2.24, 2.45) is 0 Å². The first kappa shape index (κ1) is 59.8. The summed E-state index contributed by atoms with van der Waals surface area (Å²) in [6.45, 7) is 3.35. The Morgan fingerprint density at radius 1 is 0.484 bits per heavy atom. The summed E-state index contributed by atoms with van der Waals surface area (Å²) in [7, 11) is 0. The van der Waals surface area contributed by atoms with Crippen LogP contribution < -0.4 is 10.6 Å². The van der Waals surface area contributed by atoms with Gasteiger partial charge in [-0.05, 0) is 109 Å². The van der Waals surface area contributed by atoms with Crippen molar-refractivity contribution in [3.8, 4) is 0 Å². The Hall–Kier alpha value is -4.24. The van der Waals surface area contributed by atoms with E-state index in [1.54, 1.807) is 0 Å². The summed E-state index contributed by atoms with van der Waals surface area (Å²) in [5.74, 6) is -2.39. The molecule has 64 heavy (non-hydrogen) atoms. The van der Waals surface area contributed by atoms with Crippen LogP contribution in [0.3, 0.4) is 0 Å². The van der Waals surface area contributed by atoms with Crippen molar-refractivity contribution >= 4 is 23.8 Å². The molecule has 0 saturated heterocycles. The Balaban J connectivity index is 4.44. The zero-order valence-electron chi connectivity index (χ0n) is 40.2. The Kier molecular flexibility index (Phi) is 45.0. The number of rotatable bonds is 44. The maximum absolute atomic E-state index is 12.8. The number of unbranched alkanes of at least 4 members (excludes halogenated alkanes) is 14. The number of carbonyl (C=O) groups is 4. The van der Waals surface area contributed by atoms with Gasteiger partial charge in [0.15, 0.2) is 0 Å². The van der Waals surface area contributed by atoms with E-state index in [0.717, 1.165) is 116 Å². The van der Waals surface area contributed by atoms with Gasteiger partial charge in [0, 0.05) is 12.8 Å². The van der Waals surface area contributed by atoms with Crippen molar-refractivity contribution in [1.82, 2.24) is 10.6 Å². The summed E-state index contributed by atoms with van der Waals surface area (Å²) in [5.41, 5.74) is 0. The van der Waals surface area contributed by atoms with Crippen molar-refractivity contribution in [3.05, 3.63) is 97.2 Å². The molecule has 2 atom stereocenters. The van der Waals surface area contributed by atoms with Crippen LogP contribution in [0.4, 0.5) is 0 Å². The fourth-order valence-corrected chi connectivity index (χ4v) is 6.76. The number of carboxylic acids is 1. The second-order valence-electron chi connectivity index (χ2n) is 16.5. The monoisotopic (exact) mass is 891 g/mol. The van der Waals surface area contributed by atoms with Gasteiger partial charge in [-0.2, -0.15) is 0 Å². The SMILES string of the molecule is CC/C=C\C/C=C\C/C=C\C/C=C\C/C=C\C/C=C\C/C=C\CCCC(=O)OC(CCC/C=C\CCCCCCCCCC)CCCCCCCC(=O)NCC(=O)NC(CO)C(=O)O. The second kappa shape index (κ2) is 48.2. The minimum Gasteiger partial charge on any atom is -0.480 e. The van der Waals surface area contributed by atoms with E-state index >= 15 is 0 Å². The standard InChI is InChI=1S/C55H90N2O7/c1-3-5-7-9-11-13-15-17-18-19-20-21-22-23-24-25-26-28-30-32-34-39-43-47-54(61)64-50(44-40-36-33-31-29-27-16-14-12-10-8-6-4-2)45-41-37-35-38-42-46-52(59)56-48-53(60)57-51(49-58)55(62)63/h5,7,11,13,17-18,20-21,23-24,26,28,31-34,50-51,58H,3-4,6,8-10,12,14-16,19,22,25,27,29-30,35-49H2,1-2H3,(H,56,59)(H,57,60)(H,62,63)/b7-5-,13-11-,18-17-,21-20-,24-23-,28-26-,33-31-,34-32-. The lowest BCUT2D eigenvalue weighted by atomic mass is 10.0. The zero-order chi connectivity index (χ0) is 46.8. The molecule has 0 aliphatic rings. The van der Waals surface area contributed by atoms with Crippen LogP contribution in [0.1, 0.15) is 200 Å². The largest absolute Gasteiger partial charge is 0.480 e. The van der Waals surface area contributed by atoms with Crippen molar-refractivity contribution in [2.75, 3.05) is 13.2 Å². The van der Waals surface area contributed by atoms with Gasteiger partial charge in [0.2, 0.25) is 11.8 Å². The highest BCUT2D eigenvalue weighted by Gasteiger charge is 2.19. The molecule has 0 aliphatic carbocycles. The first-order valence-electron chi connectivity index (χ1n) is 25.1. The van der Waals surface area contributed by atoms with Gasteiger partial charge in [-0.3, -0.25) is 14.4 Å². The molecule has 9 nitrogen and oxygen atoms in total. The zero-order valence-corrected chi connectivity index (χ0v) is 40.2. The van der Waals surface area contributed by atoms with Crippen molar-refractivity contribution in [3.63, 3.8) is 0 Å². The van der Waals surface area contributed by atoms with Gasteiger partial charge in [0.1, 0.15) is 12.1 Å². The van der Waals surface area contributed by atoms with Gasteiger partial charge in [0.25, 0.3) is 0 Å². The number of esters is 1. The Morgan fingerprint density at radius 2 is 0.922 bits per heavy atom. The number of aliphatic hydroxyl groups is 1. The van der Waals surface area contributed by atoms with E-state index in [9.17, 15) is 19.2 Å². The topological polar surface area (TPSA) is 142 Å². The molecule has 0 heterocycles. The molecule has 0 aromatic carbocycles. The summed E-state index contributed by atoms with van der Waals surface area (Å²) >= 11 is 0. The molecular weight excluding hydrogens is 801 g/mol. The summed E-state index contributed by atoms with van der Waals surface area (Å²) in [6.07, 6.45) is 64.4. The van der Waals surface area contributed by atoms with Gasteiger partial charge in [-0.25, -0.2) is 4.79 Å². The average molecular weight is 891 g/mol. The van der Waals surface area contributed by atoms with E-state index in [2.05, 4.69) is 122 Å². The number of allylic oxidation sites excluding steroid dienone is 16. The molecule has 0 aromatic rings. The molecule has 0 spiro atoms. The molecule has 0 rings (SSSR count). The van der Waals surface area contributed by atoms with Crippen LogP contribution in [0.2, 0.25) is 0 Å². The highest BCUT2D eigenvalue weighted by molar-refractivity contribution is 5.87. The second-order valence-corrected chi connectivity index (χ2v) is 16.5. The minimum absolute atomic E-state index is 0.0827. The van der Waals surface area contributed by atoms with E-state index in [0.29, 0.717) is 12.8 Å². The van der Waals surface area contributed by atoms with Crippen LogP contribution in [-0.2, 0) is 23.9 Å². The third-order valence-electron chi connectivity index (χ3n) is 10.6. The quantitative estimate of drug-likeness (QED) is 0.0271. The smallest absolute Gasteiger partial charge is 0.328 e. The molecule has 0 aromatic heterocycles. The Labute approximate surface area is 389 Å². The molecule has 0 aliphatic heterocycles. The Morgan fingerprint density at radius 3 is 1.45 bits per heavy atom. The summed E-state index contributed by atoms with van der Waals surface area (Å²) in [5, 5.41) is 22.6. The molecule has 9 heteroatoms. The lowest BCUT2D eigenvalue weighted by Gasteiger charge is -2.18. The van der Waals surface area contributed by atoms with Gasteiger partial charge < -0.3 is 25.6 Å². The normalized spacial score (nSPS) is 13.3. The van der Waals surface area contributed by atoms with Crippen molar-refractivity contribution in [1.29, 1.82) is 0 Å².